The lowest BCUT2D eigenvalue weighted by atomic mass is 10.2. The van der Waals surface area contributed by atoms with E-state index in [4.69, 9.17) is 0 Å². The van der Waals surface area contributed by atoms with Crippen molar-refractivity contribution in [3.8, 4) is 0 Å². The molecular weight excluding hydrogens is 182 g/mol. The topological polar surface area (TPSA) is 41.6 Å². The normalized spacial score (nSPS) is 11.5. The van der Waals surface area contributed by atoms with Crippen LogP contribution in [0.3, 0.4) is 0 Å². The van der Waals surface area contributed by atoms with Gasteiger partial charge in [-0.15, -0.1) is 0 Å². The molecule has 1 aromatic heterocycles. The van der Waals surface area contributed by atoms with Crippen LogP contribution in [0.4, 0.5) is 0 Å². The number of hydrogen-bond acceptors (Lipinski definition) is 3. The Morgan fingerprint density at radius 2 is 2.15 bits per heavy atom. The minimum Gasteiger partial charge on any atom is -0.197 e. The van der Waals surface area contributed by atoms with Gasteiger partial charge in [0.25, 0.3) is 0 Å². The van der Waals surface area contributed by atoms with Gasteiger partial charge in [0.05, 0.1) is 0 Å². The lowest BCUT2D eigenvalue weighted by Crippen LogP contribution is -1.73. The second-order valence-electron chi connectivity index (χ2n) is 2.66. The van der Waals surface area contributed by atoms with Crippen LogP contribution in [-0.4, -0.2) is 21.2 Å². The number of nitrogens with zero attached hydrogens (tertiary/aromatic N) is 2. The molecule has 2 aromatic rings. The van der Waals surface area contributed by atoms with Crippen molar-refractivity contribution in [1.82, 2.24) is 15.4 Å². The highest BCUT2D eigenvalue weighted by molar-refractivity contribution is 7.80. The van der Waals surface area contributed by atoms with Crippen molar-refractivity contribution in [2.24, 2.45) is 0 Å². The van der Waals surface area contributed by atoms with Crippen LogP contribution in [0.5, 0.6) is 0 Å². The Balaban J connectivity index is 2.42. The maximum Gasteiger partial charge on any atom is 0.113 e. The first-order valence-electron chi connectivity index (χ1n) is 3.98. The quantitative estimate of drug-likeness (QED) is 0.712. The van der Waals surface area contributed by atoms with Crippen molar-refractivity contribution in [1.29, 1.82) is 0 Å². The van der Waals surface area contributed by atoms with Crippen molar-refractivity contribution >= 4 is 29.7 Å². The van der Waals surface area contributed by atoms with Gasteiger partial charge < -0.3 is 0 Å². The summed E-state index contributed by atoms with van der Waals surface area (Å²) in [7, 11) is 0. The van der Waals surface area contributed by atoms with Gasteiger partial charge in [0.1, 0.15) is 11.0 Å². The summed E-state index contributed by atoms with van der Waals surface area (Å²) in [5.41, 5.74) is 2.90. The molecule has 0 atom stereocenters. The average molecular weight is 191 g/mol. The Hall–Kier alpha value is -1.29. The van der Waals surface area contributed by atoms with Gasteiger partial charge in [0.2, 0.25) is 0 Å². The number of thiol groups is 1. The zero-order valence-corrected chi connectivity index (χ0v) is 7.83. The zero-order valence-electron chi connectivity index (χ0n) is 6.94. The molecule has 0 fully saturated rings. The predicted molar refractivity (Wildman–Crippen MR) is 56.8 cm³/mol. The molecule has 4 heteroatoms. The SMILES string of the molecule is SCC=Cc1ccc2n[nH]nc2c1. The number of rotatable bonds is 2. The van der Waals surface area contributed by atoms with Gasteiger partial charge >= 0.3 is 0 Å². The third-order valence-electron chi connectivity index (χ3n) is 1.76. The van der Waals surface area contributed by atoms with Gasteiger partial charge in [-0.25, -0.2) is 0 Å². The van der Waals surface area contributed by atoms with E-state index >= 15 is 0 Å². The molecule has 0 amide bonds. The Kier molecular flexibility index (Phi) is 2.31. The van der Waals surface area contributed by atoms with Crippen molar-refractivity contribution in [3.63, 3.8) is 0 Å². The summed E-state index contributed by atoms with van der Waals surface area (Å²) >= 11 is 4.09. The Morgan fingerprint density at radius 3 is 3.00 bits per heavy atom. The van der Waals surface area contributed by atoms with Crippen LogP contribution >= 0.6 is 12.6 Å². The fourth-order valence-electron chi connectivity index (χ4n) is 1.15. The molecule has 0 unspecified atom stereocenters. The van der Waals surface area contributed by atoms with Gasteiger partial charge in [-0.2, -0.15) is 28.0 Å². The summed E-state index contributed by atoms with van der Waals surface area (Å²) in [5, 5.41) is 10.5. The molecule has 0 radical (unpaired) electrons. The first-order valence-corrected chi connectivity index (χ1v) is 4.61. The fourth-order valence-corrected chi connectivity index (χ4v) is 1.26. The van der Waals surface area contributed by atoms with Gasteiger partial charge in [-0.1, -0.05) is 18.2 Å². The van der Waals surface area contributed by atoms with Crippen LogP contribution in [0.2, 0.25) is 0 Å². The number of hydrogen-bond donors (Lipinski definition) is 2. The van der Waals surface area contributed by atoms with Gasteiger partial charge in [0.15, 0.2) is 0 Å². The van der Waals surface area contributed by atoms with E-state index in [1.807, 2.05) is 30.4 Å². The third kappa shape index (κ3) is 1.72. The van der Waals surface area contributed by atoms with Crippen LogP contribution in [0.1, 0.15) is 5.56 Å². The first kappa shape index (κ1) is 8.31. The molecule has 0 bridgehead atoms. The molecule has 2 rings (SSSR count). The van der Waals surface area contributed by atoms with Gasteiger partial charge in [-0.3, -0.25) is 0 Å². The Morgan fingerprint density at radius 1 is 1.31 bits per heavy atom. The number of fused-ring (bicyclic) bond motifs is 1. The summed E-state index contributed by atoms with van der Waals surface area (Å²) < 4.78 is 0. The molecule has 1 heterocycles. The Labute approximate surface area is 81.3 Å². The lowest BCUT2D eigenvalue weighted by Gasteiger charge is -1.90. The van der Waals surface area contributed by atoms with Crippen LogP contribution in [0.25, 0.3) is 17.1 Å². The number of aromatic nitrogens is 3. The van der Waals surface area contributed by atoms with Crippen molar-refractivity contribution < 1.29 is 0 Å². The van der Waals surface area contributed by atoms with Crippen LogP contribution < -0.4 is 0 Å². The molecule has 0 aliphatic heterocycles. The van der Waals surface area contributed by atoms with E-state index in [1.165, 1.54) is 0 Å². The fraction of sp³-hybridized carbons (Fsp3) is 0.111. The monoisotopic (exact) mass is 191 g/mol. The molecule has 13 heavy (non-hydrogen) atoms. The molecule has 0 saturated heterocycles. The number of nitrogens with one attached hydrogen (secondary N) is 1. The average Bonchev–Trinajstić information content (AvgIpc) is 2.61. The Bertz CT molecular complexity index is 433. The molecule has 0 aliphatic carbocycles. The highest BCUT2D eigenvalue weighted by atomic mass is 32.1. The molecular formula is C9H9N3S. The summed E-state index contributed by atoms with van der Waals surface area (Å²) in [6, 6.07) is 5.93. The molecule has 1 aromatic carbocycles. The molecule has 66 valence electrons. The van der Waals surface area contributed by atoms with Crippen molar-refractivity contribution in [3.05, 3.63) is 29.8 Å². The first-order chi connectivity index (χ1) is 6.40. The maximum absolute atomic E-state index is 4.09. The summed E-state index contributed by atoms with van der Waals surface area (Å²) in [6.07, 6.45) is 4.01. The summed E-state index contributed by atoms with van der Waals surface area (Å²) in [5.74, 6) is 0.747. The third-order valence-corrected chi connectivity index (χ3v) is 1.97. The molecule has 3 nitrogen and oxygen atoms in total. The molecule has 1 N–H and O–H groups in total. The number of H-pyrrole nitrogens is 1. The molecule has 0 saturated carbocycles. The van der Waals surface area contributed by atoms with E-state index in [2.05, 4.69) is 28.0 Å². The van der Waals surface area contributed by atoms with E-state index in [0.29, 0.717) is 0 Å². The number of benzene rings is 1. The second kappa shape index (κ2) is 3.62. The largest absolute Gasteiger partial charge is 0.197 e. The van der Waals surface area contributed by atoms with E-state index in [1.54, 1.807) is 0 Å². The van der Waals surface area contributed by atoms with Crippen LogP contribution in [-0.2, 0) is 0 Å². The molecule has 0 aliphatic rings. The summed E-state index contributed by atoms with van der Waals surface area (Å²) in [4.78, 5) is 0. The van der Waals surface area contributed by atoms with E-state index in [9.17, 15) is 0 Å². The summed E-state index contributed by atoms with van der Waals surface area (Å²) in [6.45, 7) is 0. The standard InChI is InChI=1S/C9H9N3S/c13-5-1-2-7-3-4-8-9(6-7)11-12-10-8/h1-4,6,13H,5H2,(H,10,11,12). The van der Waals surface area contributed by atoms with Crippen LogP contribution in [0, 0.1) is 0 Å². The van der Waals surface area contributed by atoms with E-state index < -0.39 is 0 Å². The second-order valence-corrected chi connectivity index (χ2v) is 3.02. The van der Waals surface area contributed by atoms with Crippen molar-refractivity contribution in [2.45, 2.75) is 0 Å². The van der Waals surface area contributed by atoms with Gasteiger partial charge in [0, 0.05) is 5.75 Å². The van der Waals surface area contributed by atoms with E-state index in [0.717, 1.165) is 22.3 Å². The molecule has 0 spiro atoms. The highest BCUT2D eigenvalue weighted by Gasteiger charge is 1.96. The minimum absolute atomic E-state index is 0.747. The number of aromatic amines is 1. The minimum atomic E-state index is 0.747. The van der Waals surface area contributed by atoms with Crippen LogP contribution in [0.15, 0.2) is 24.3 Å². The van der Waals surface area contributed by atoms with Gasteiger partial charge in [-0.05, 0) is 17.7 Å². The zero-order chi connectivity index (χ0) is 9.10. The van der Waals surface area contributed by atoms with E-state index in [-0.39, 0.29) is 0 Å². The lowest BCUT2D eigenvalue weighted by molar-refractivity contribution is 0.959. The highest BCUT2D eigenvalue weighted by Crippen LogP contribution is 2.11. The maximum atomic E-state index is 4.09. The van der Waals surface area contributed by atoms with Crippen molar-refractivity contribution in [2.75, 3.05) is 5.75 Å². The smallest absolute Gasteiger partial charge is 0.113 e. The predicted octanol–water partition coefficient (Wildman–Crippen LogP) is 1.90.